The highest BCUT2D eigenvalue weighted by Gasteiger charge is 2.22. The van der Waals surface area contributed by atoms with Crippen molar-refractivity contribution in [2.75, 3.05) is 11.9 Å². The second kappa shape index (κ2) is 9.77. The van der Waals surface area contributed by atoms with Gasteiger partial charge in [-0.05, 0) is 35.6 Å². The van der Waals surface area contributed by atoms with E-state index in [0.29, 0.717) is 22.2 Å². The monoisotopic (exact) mass is 415 g/mol. The number of carbonyl (C=O) groups is 2. The fraction of sp³-hybridized carbons (Fsp3) is 0.312. The van der Waals surface area contributed by atoms with Crippen LogP contribution in [0.4, 0.5) is 9.80 Å². The maximum absolute atomic E-state index is 11.9. The van der Waals surface area contributed by atoms with Crippen LogP contribution >= 0.6 is 34.9 Å². The van der Waals surface area contributed by atoms with Crippen molar-refractivity contribution < 1.29 is 19.8 Å². The molecule has 1 unspecified atom stereocenters. The van der Waals surface area contributed by atoms with Crippen molar-refractivity contribution in [2.45, 2.75) is 30.2 Å². The Morgan fingerprint density at radius 2 is 2.04 bits per heavy atom. The Labute approximate surface area is 163 Å². The van der Waals surface area contributed by atoms with Crippen molar-refractivity contribution >= 4 is 51.9 Å². The lowest BCUT2D eigenvalue weighted by Crippen LogP contribution is -2.35. The van der Waals surface area contributed by atoms with E-state index in [9.17, 15) is 19.8 Å². The number of hydrogen-bond donors (Lipinski definition) is 4. The summed E-state index contributed by atoms with van der Waals surface area (Å²) in [5.41, 5.74) is 0.935. The van der Waals surface area contributed by atoms with E-state index >= 15 is 0 Å². The van der Waals surface area contributed by atoms with Gasteiger partial charge in [-0.3, -0.25) is 5.32 Å². The summed E-state index contributed by atoms with van der Waals surface area (Å²) >= 11 is 8.02. The number of amides is 2. The predicted molar refractivity (Wildman–Crippen MR) is 103 cm³/mol. The molecule has 0 fully saturated rings. The number of rotatable bonds is 8. The maximum Gasteiger partial charge on any atom is 0.341 e. The standard InChI is InChI=1S/C16H18ClN3O4S2/c1-2-11(21)7-18-16(24)19-13-12(15(22)23)14(20-26-13)25-8-9-3-5-10(17)6-4-9/h3-6,11,21H,2,7-8H2,1H3,(H,22,23)(H2,18,19,24). The van der Waals surface area contributed by atoms with Crippen molar-refractivity contribution in [1.29, 1.82) is 0 Å². The van der Waals surface area contributed by atoms with Crippen molar-refractivity contribution in [2.24, 2.45) is 0 Å². The van der Waals surface area contributed by atoms with E-state index in [1.807, 2.05) is 12.1 Å². The van der Waals surface area contributed by atoms with Crippen LogP contribution in [0.3, 0.4) is 0 Å². The number of nitrogens with zero attached hydrogens (tertiary/aromatic N) is 1. The Hall–Kier alpha value is -1.81. The van der Waals surface area contributed by atoms with Gasteiger partial charge in [-0.15, -0.1) is 0 Å². The smallest absolute Gasteiger partial charge is 0.341 e. The zero-order chi connectivity index (χ0) is 19.1. The highest BCUT2D eigenvalue weighted by atomic mass is 35.5. The lowest BCUT2D eigenvalue weighted by Gasteiger charge is -2.10. The summed E-state index contributed by atoms with van der Waals surface area (Å²) < 4.78 is 4.14. The van der Waals surface area contributed by atoms with Gasteiger partial charge >= 0.3 is 12.0 Å². The third-order valence-electron chi connectivity index (χ3n) is 3.36. The molecular formula is C16H18ClN3O4S2. The summed E-state index contributed by atoms with van der Waals surface area (Å²) in [4.78, 5) is 23.4. The first kappa shape index (κ1) is 20.5. The van der Waals surface area contributed by atoms with Gasteiger partial charge in [0.15, 0.2) is 0 Å². The number of carboxylic acids is 1. The summed E-state index contributed by atoms with van der Waals surface area (Å²) in [6.07, 6.45) is -0.140. The molecule has 0 saturated heterocycles. The number of aromatic nitrogens is 1. The molecule has 4 N–H and O–H groups in total. The molecule has 1 aromatic carbocycles. The van der Waals surface area contributed by atoms with E-state index in [0.717, 1.165) is 17.1 Å². The SMILES string of the molecule is CCC(O)CNC(=O)Nc1snc(SCc2ccc(Cl)cc2)c1C(=O)O. The minimum Gasteiger partial charge on any atom is -0.477 e. The van der Waals surface area contributed by atoms with E-state index in [-0.39, 0.29) is 17.1 Å². The molecule has 0 radical (unpaired) electrons. The molecule has 2 amide bonds. The fourth-order valence-electron chi connectivity index (χ4n) is 1.88. The number of aromatic carboxylic acids is 1. The lowest BCUT2D eigenvalue weighted by atomic mass is 10.2. The third-order valence-corrected chi connectivity index (χ3v) is 5.54. The number of thioether (sulfide) groups is 1. The molecular weight excluding hydrogens is 398 g/mol. The van der Waals surface area contributed by atoms with Crippen molar-refractivity contribution in [3.63, 3.8) is 0 Å². The molecule has 1 atom stereocenters. The second-order valence-electron chi connectivity index (χ2n) is 5.31. The summed E-state index contributed by atoms with van der Waals surface area (Å²) in [6.45, 7) is 1.88. The van der Waals surface area contributed by atoms with Gasteiger partial charge in [0.25, 0.3) is 0 Å². The average Bonchev–Trinajstić information content (AvgIpc) is 3.01. The van der Waals surface area contributed by atoms with E-state index in [1.165, 1.54) is 11.8 Å². The molecule has 140 valence electrons. The van der Waals surface area contributed by atoms with Crippen molar-refractivity contribution in [3.8, 4) is 0 Å². The molecule has 26 heavy (non-hydrogen) atoms. The molecule has 0 spiro atoms. The van der Waals surface area contributed by atoms with Crippen LogP contribution in [0.15, 0.2) is 29.3 Å². The molecule has 0 bridgehead atoms. The number of benzene rings is 1. The Morgan fingerprint density at radius 1 is 1.35 bits per heavy atom. The van der Waals surface area contributed by atoms with Gasteiger partial charge in [0.1, 0.15) is 15.6 Å². The number of anilines is 1. The number of carbonyl (C=O) groups excluding carboxylic acids is 1. The first-order valence-electron chi connectivity index (χ1n) is 7.73. The lowest BCUT2D eigenvalue weighted by molar-refractivity contribution is 0.0694. The van der Waals surface area contributed by atoms with Gasteiger partial charge in [0.05, 0.1) is 6.10 Å². The molecule has 0 aliphatic carbocycles. The van der Waals surface area contributed by atoms with Crippen LogP contribution in [0.1, 0.15) is 29.3 Å². The van der Waals surface area contributed by atoms with Crippen LogP contribution in [0, 0.1) is 0 Å². The minimum atomic E-state index is -1.17. The molecule has 0 aliphatic heterocycles. The summed E-state index contributed by atoms with van der Waals surface area (Å²) in [5, 5.41) is 25.0. The average molecular weight is 416 g/mol. The first-order valence-corrected chi connectivity index (χ1v) is 9.87. The van der Waals surface area contributed by atoms with Gasteiger partial charge in [0.2, 0.25) is 0 Å². The highest BCUT2D eigenvalue weighted by Crippen LogP contribution is 2.33. The predicted octanol–water partition coefficient (Wildman–Crippen LogP) is 3.68. The first-order chi connectivity index (χ1) is 12.4. The number of carboxylic acid groups (broad SMARTS) is 1. The molecule has 2 aromatic rings. The Balaban J connectivity index is 2.03. The van der Waals surface area contributed by atoms with Crippen LogP contribution in [-0.4, -0.2) is 39.2 Å². The Morgan fingerprint density at radius 3 is 2.65 bits per heavy atom. The van der Waals surface area contributed by atoms with Crippen LogP contribution in [0.2, 0.25) is 5.02 Å². The number of halogens is 1. The largest absolute Gasteiger partial charge is 0.477 e. The Bertz CT molecular complexity index is 767. The number of hydrogen-bond acceptors (Lipinski definition) is 6. The normalized spacial score (nSPS) is 11.8. The second-order valence-corrected chi connectivity index (χ2v) is 7.48. The topological polar surface area (TPSA) is 112 Å². The van der Waals surface area contributed by atoms with E-state index in [4.69, 9.17) is 11.6 Å². The molecule has 0 saturated carbocycles. The number of urea groups is 1. The van der Waals surface area contributed by atoms with Crippen LogP contribution < -0.4 is 10.6 Å². The maximum atomic E-state index is 11.9. The molecule has 1 aromatic heterocycles. The summed E-state index contributed by atoms with van der Waals surface area (Å²) in [7, 11) is 0. The zero-order valence-corrected chi connectivity index (χ0v) is 16.2. The quantitative estimate of drug-likeness (QED) is 0.489. The summed E-state index contributed by atoms with van der Waals surface area (Å²) in [6, 6.07) is 6.65. The van der Waals surface area contributed by atoms with E-state index < -0.39 is 18.1 Å². The van der Waals surface area contributed by atoms with Gasteiger partial charge in [-0.1, -0.05) is 42.4 Å². The number of aliphatic hydroxyl groups is 1. The minimum absolute atomic E-state index is 0.0415. The zero-order valence-electron chi connectivity index (χ0n) is 13.9. The fourth-order valence-corrected chi connectivity index (χ4v) is 3.90. The van der Waals surface area contributed by atoms with Gasteiger partial charge in [-0.2, -0.15) is 4.37 Å². The van der Waals surface area contributed by atoms with Gasteiger partial charge < -0.3 is 15.5 Å². The molecule has 2 rings (SSSR count). The molecule has 7 nitrogen and oxygen atoms in total. The number of nitrogens with one attached hydrogen (secondary N) is 2. The molecule has 10 heteroatoms. The van der Waals surface area contributed by atoms with Crippen molar-refractivity contribution in [1.82, 2.24) is 9.69 Å². The highest BCUT2D eigenvalue weighted by molar-refractivity contribution is 7.98. The molecule has 0 aliphatic rings. The molecule has 1 heterocycles. The van der Waals surface area contributed by atoms with Crippen molar-refractivity contribution in [3.05, 3.63) is 40.4 Å². The van der Waals surface area contributed by atoms with Crippen LogP contribution in [0.5, 0.6) is 0 Å². The van der Waals surface area contributed by atoms with Gasteiger partial charge in [0, 0.05) is 17.3 Å². The van der Waals surface area contributed by atoms with Crippen LogP contribution in [-0.2, 0) is 5.75 Å². The number of aliphatic hydroxyl groups excluding tert-OH is 1. The van der Waals surface area contributed by atoms with E-state index in [1.54, 1.807) is 19.1 Å². The summed E-state index contributed by atoms with van der Waals surface area (Å²) in [5.74, 6) is -0.642. The van der Waals surface area contributed by atoms with E-state index in [2.05, 4.69) is 15.0 Å². The van der Waals surface area contributed by atoms with Gasteiger partial charge in [-0.25, -0.2) is 9.59 Å². The van der Waals surface area contributed by atoms with Crippen LogP contribution in [0.25, 0.3) is 0 Å². The third kappa shape index (κ3) is 5.87. The Kier molecular flexibility index (Phi) is 7.70.